The number of carbonyl (C=O) groups excluding carboxylic acids is 2. The van der Waals surface area contributed by atoms with Gasteiger partial charge in [-0.15, -0.1) is 0 Å². The average molecular weight is 432 g/mol. The van der Waals surface area contributed by atoms with Gasteiger partial charge in [-0.05, 0) is 29.8 Å². The van der Waals surface area contributed by atoms with E-state index in [1.54, 1.807) is 36.4 Å². The molecule has 148 valence electrons. The maximum absolute atomic E-state index is 12.5. The lowest BCUT2D eigenvalue weighted by molar-refractivity contribution is -0.113. The van der Waals surface area contributed by atoms with E-state index in [1.165, 1.54) is 16.7 Å². The molecule has 1 heterocycles. The largest absolute Gasteiger partial charge is 0.489 e. The summed E-state index contributed by atoms with van der Waals surface area (Å²) in [4.78, 5) is 26.5. The Bertz CT molecular complexity index is 1120. The van der Waals surface area contributed by atoms with Crippen LogP contribution in [0.25, 0.3) is 0 Å². The number of nitrogens with zero attached hydrogens (tertiary/aromatic N) is 1. The Hall–Kier alpha value is -3.22. The lowest BCUT2D eigenvalue weighted by Crippen LogP contribution is -2.27. The molecule has 3 aromatic carbocycles. The van der Waals surface area contributed by atoms with Crippen LogP contribution in [0.4, 0.5) is 5.69 Å². The van der Waals surface area contributed by atoms with Crippen LogP contribution in [0.3, 0.4) is 0 Å². The van der Waals surface area contributed by atoms with E-state index in [4.69, 9.17) is 17.0 Å². The Morgan fingerprint density at radius 1 is 0.933 bits per heavy atom. The molecule has 1 fully saturated rings. The molecule has 0 aliphatic carbocycles. The van der Waals surface area contributed by atoms with Crippen LogP contribution >= 0.6 is 24.0 Å². The molecule has 1 saturated heterocycles. The fourth-order valence-electron chi connectivity index (χ4n) is 2.99. The monoisotopic (exact) mass is 431 g/mol. The molecule has 0 bridgehead atoms. The quantitative estimate of drug-likeness (QED) is 0.298. The number of hydrogen-bond acceptors (Lipinski definition) is 5. The number of thiocarbonyl (C=S) groups is 1. The van der Waals surface area contributed by atoms with Crippen molar-refractivity contribution in [2.75, 3.05) is 4.90 Å². The van der Waals surface area contributed by atoms with E-state index in [9.17, 15) is 9.59 Å². The highest BCUT2D eigenvalue weighted by Gasteiger charge is 2.31. The highest BCUT2D eigenvalue weighted by Crippen LogP contribution is 2.34. The van der Waals surface area contributed by atoms with Gasteiger partial charge in [-0.3, -0.25) is 14.5 Å². The molecule has 4 rings (SSSR count). The van der Waals surface area contributed by atoms with E-state index in [2.05, 4.69) is 6.58 Å². The van der Waals surface area contributed by atoms with Crippen molar-refractivity contribution in [1.82, 2.24) is 0 Å². The summed E-state index contributed by atoms with van der Waals surface area (Å²) in [5.41, 5.74) is 2.94. The Morgan fingerprint density at radius 2 is 1.57 bits per heavy atom. The lowest BCUT2D eigenvalue weighted by Gasteiger charge is -2.15. The minimum Gasteiger partial charge on any atom is -0.489 e. The van der Waals surface area contributed by atoms with Gasteiger partial charge < -0.3 is 4.74 Å². The Labute approximate surface area is 184 Å². The number of benzene rings is 3. The molecule has 0 atom stereocenters. The van der Waals surface area contributed by atoms with Crippen molar-refractivity contribution in [2.24, 2.45) is 0 Å². The van der Waals surface area contributed by atoms with E-state index in [-0.39, 0.29) is 11.7 Å². The van der Waals surface area contributed by atoms with Crippen LogP contribution in [-0.2, 0) is 11.4 Å². The van der Waals surface area contributed by atoms with Gasteiger partial charge in [0.2, 0.25) is 0 Å². The van der Waals surface area contributed by atoms with Crippen molar-refractivity contribution in [2.45, 2.75) is 6.61 Å². The molecule has 0 radical (unpaired) electrons. The Morgan fingerprint density at radius 3 is 2.17 bits per heavy atom. The summed E-state index contributed by atoms with van der Waals surface area (Å²) in [6.45, 7) is 4.08. The van der Waals surface area contributed by atoms with E-state index in [0.717, 1.165) is 5.56 Å². The third-order valence-corrected chi connectivity index (χ3v) is 5.80. The molecule has 1 amide bonds. The summed E-state index contributed by atoms with van der Waals surface area (Å²) in [7, 11) is 0. The van der Waals surface area contributed by atoms with E-state index < -0.39 is 0 Å². The van der Waals surface area contributed by atoms with Crippen LogP contribution in [0.15, 0.2) is 90.3 Å². The molecule has 3 aromatic rings. The molecule has 1 aliphatic rings. The minimum atomic E-state index is -0.191. The zero-order valence-electron chi connectivity index (χ0n) is 15.9. The first-order chi connectivity index (χ1) is 14.5. The number of anilines is 1. The van der Waals surface area contributed by atoms with Crippen molar-refractivity contribution >= 4 is 45.7 Å². The molecule has 1 aliphatic heterocycles. The van der Waals surface area contributed by atoms with Crippen LogP contribution in [0.1, 0.15) is 21.5 Å². The van der Waals surface area contributed by atoms with Crippen molar-refractivity contribution in [3.63, 3.8) is 0 Å². The average Bonchev–Trinajstić information content (AvgIpc) is 3.04. The summed E-state index contributed by atoms with van der Waals surface area (Å²) in [6.07, 6.45) is 0. The SMILES string of the molecule is C=C1SC(=S)N(c2ccc(OCc3ccc(C(=O)c4ccccc4)cc3)cc2)C1=O. The number of rotatable bonds is 6. The van der Waals surface area contributed by atoms with Crippen molar-refractivity contribution in [3.8, 4) is 5.75 Å². The molecular weight excluding hydrogens is 414 g/mol. The van der Waals surface area contributed by atoms with Crippen molar-refractivity contribution in [3.05, 3.63) is 107 Å². The van der Waals surface area contributed by atoms with E-state index in [1.807, 2.05) is 42.5 Å². The molecule has 0 unspecified atom stereocenters. The molecule has 0 spiro atoms. The second-order valence-corrected chi connectivity index (χ2v) is 8.34. The minimum absolute atomic E-state index is 0.00567. The van der Waals surface area contributed by atoms with Crippen molar-refractivity contribution in [1.29, 1.82) is 0 Å². The van der Waals surface area contributed by atoms with Gasteiger partial charge in [-0.1, -0.05) is 85.2 Å². The number of carbonyl (C=O) groups is 2. The standard InChI is InChI=1S/C24H17NO3S2/c1-16-23(27)25(24(29)30-16)20-11-13-21(14-12-20)28-15-17-7-9-19(10-8-17)22(26)18-5-3-2-4-6-18/h2-14H,1,15H2. The zero-order chi connectivity index (χ0) is 21.1. The second-order valence-electron chi connectivity index (χ2n) is 6.61. The van der Waals surface area contributed by atoms with E-state index >= 15 is 0 Å². The topological polar surface area (TPSA) is 46.6 Å². The zero-order valence-corrected chi connectivity index (χ0v) is 17.5. The third kappa shape index (κ3) is 4.20. The fourth-order valence-corrected chi connectivity index (χ4v) is 4.15. The summed E-state index contributed by atoms with van der Waals surface area (Å²) in [6, 6.07) is 23.8. The number of hydrogen-bond donors (Lipinski definition) is 0. The van der Waals surface area contributed by atoms with Gasteiger partial charge in [0.15, 0.2) is 10.1 Å². The van der Waals surface area contributed by atoms with Crippen LogP contribution in [0, 0.1) is 0 Å². The first kappa shape index (κ1) is 20.1. The first-order valence-electron chi connectivity index (χ1n) is 9.19. The summed E-state index contributed by atoms with van der Waals surface area (Å²) >= 11 is 6.44. The first-order valence-corrected chi connectivity index (χ1v) is 10.4. The number of ether oxygens (including phenoxy) is 1. The normalized spacial score (nSPS) is 13.6. The smallest absolute Gasteiger partial charge is 0.270 e. The second kappa shape index (κ2) is 8.65. The molecule has 0 aromatic heterocycles. The highest BCUT2D eigenvalue weighted by atomic mass is 32.2. The Balaban J connectivity index is 1.38. The van der Waals surface area contributed by atoms with Gasteiger partial charge in [0.05, 0.1) is 10.6 Å². The van der Waals surface area contributed by atoms with Crippen molar-refractivity contribution < 1.29 is 14.3 Å². The molecule has 6 heteroatoms. The van der Waals surface area contributed by atoms with Gasteiger partial charge in [0.25, 0.3) is 5.91 Å². The fraction of sp³-hybridized carbons (Fsp3) is 0.0417. The summed E-state index contributed by atoms with van der Waals surface area (Å²) in [5.74, 6) is 0.477. The number of thioether (sulfide) groups is 1. The molecule has 4 nitrogen and oxygen atoms in total. The van der Waals surface area contributed by atoms with Gasteiger partial charge in [0.1, 0.15) is 12.4 Å². The maximum atomic E-state index is 12.5. The van der Waals surface area contributed by atoms with Crippen LogP contribution in [0.2, 0.25) is 0 Å². The number of amides is 1. The summed E-state index contributed by atoms with van der Waals surface area (Å²) < 4.78 is 6.30. The summed E-state index contributed by atoms with van der Waals surface area (Å²) in [5, 5.41) is 0. The van der Waals surface area contributed by atoms with Gasteiger partial charge in [0, 0.05) is 11.1 Å². The molecule has 30 heavy (non-hydrogen) atoms. The third-order valence-electron chi connectivity index (χ3n) is 4.59. The van der Waals surface area contributed by atoms with Gasteiger partial charge in [-0.2, -0.15) is 0 Å². The maximum Gasteiger partial charge on any atom is 0.270 e. The highest BCUT2D eigenvalue weighted by molar-refractivity contribution is 8.27. The Kier molecular flexibility index (Phi) is 5.79. The number of ketones is 1. The van der Waals surface area contributed by atoms with Crippen LogP contribution in [0.5, 0.6) is 5.75 Å². The predicted molar refractivity (Wildman–Crippen MR) is 124 cm³/mol. The van der Waals surface area contributed by atoms with Crippen LogP contribution in [-0.4, -0.2) is 16.0 Å². The lowest BCUT2D eigenvalue weighted by atomic mass is 10.0. The molecular formula is C24H17NO3S2. The molecule has 0 N–H and O–H groups in total. The predicted octanol–water partition coefficient (Wildman–Crippen LogP) is 5.38. The van der Waals surface area contributed by atoms with Gasteiger partial charge >= 0.3 is 0 Å². The van der Waals surface area contributed by atoms with Crippen LogP contribution < -0.4 is 9.64 Å². The molecule has 0 saturated carbocycles. The van der Waals surface area contributed by atoms with Gasteiger partial charge in [-0.25, -0.2) is 0 Å². The van der Waals surface area contributed by atoms with E-state index in [0.29, 0.717) is 38.4 Å².